The Balaban J connectivity index is 2.90. The Morgan fingerprint density at radius 2 is 1.80 bits per heavy atom. The lowest BCUT2D eigenvalue weighted by Gasteiger charge is -2.04. The molecule has 1 aromatic rings. The highest BCUT2D eigenvalue weighted by Gasteiger charge is 2.06. The van der Waals surface area contributed by atoms with Crippen LogP contribution in [0.4, 0.5) is 0 Å². The summed E-state index contributed by atoms with van der Waals surface area (Å²) in [6.07, 6.45) is 7.42. The van der Waals surface area contributed by atoms with E-state index >= 15 is 0 Å². The van der Waals surface area contributed by atoms with Crippen LogP contribution in [0.5, 0.6) is 0 Å². The SMILES string of the molecule is C=C\C(=C/C=C(C)/C=N/N=C(\OC)c1ccc(C(=O)O)cc1)C(C)C. The minimum Gasteiger partial charge on any atom is -0.479 e. The van der Waals surface area contributed by atoms with Crippen LogP contribution in [0.1, 0.15) is 36.7 Å². The first kappa shape index (κ1) is 20.1. The number of hydrogen-bond acceptors (Lipinski definition) is 4. The topological polar surface area (TPSA) is 71.2 Å². The smallest absolute Gasteiger partial charge is 0.335 e. The number of allylic oxidation sites excluding steroid dienone is 5. The van der Waals surface area contributed by atoms with E-state index in [4.69, 9.17) is 9.84 Å². The van der Waals surface area contributed by atoms with Crippen molar-refractivity contribution in [3.63, 3.8) is 0 Å². The predicted molar refractivity (Wildman–Crippen MR) is 102 cm³/mol. The van der Waals surface area contributed by atoms with Gasteiger partial charge in [-0.1, -0.05) is 38.7 Å². The zero-order chi connectivity index (χ0) is 18.8. The number of nitrogens with zero attached hydrogens (tertiary/aromatic N) is 2. The van der Waals surface area contributed by atoms with Crippen LogP contribution in [0.15, 0.2) is 70.4 Å². The zero-order valence-corrected chi connectivity index (χ0v) is 15.1. The first-order chi connectivity index (χ1) is 11.9. The lowest BCUT2D eigenvalue weighted by molar-refractivity contribution is 0.0697. The number of carboxylic acid groups (broad SMARTS) is 1. The molecule has 0 saturated heterocycles. The number of ether oxygens (including phenoxy) is 1. The van der Waals surface area contributed by atoms with Gasteiger partial charge in [0.2, 0.25) is 5.90 Å². The van der Waals surface area contributed by atoms with E-state index in [1.807, 2.05) is 25.2 Å². The molecule has 0 aliphatic rings. The lowest BCUT2D eigenvalue weighted by atomic mass is 10.0. The van der Waals surface area contributed by atoms with Crippen molar-refractivity contribution in [2.45, 2.75) is 20.8 Å². The molecule has 0 fully saturated rings. The fraction of sp³-hybridized carbons (Fsp3) is 0.250. The van der Waals surface area contributed by atoms with E-state index in [2.05, 4.69) is 30.6 Å². The molecule has 132 valence electrons. The summed E-state index contributed by atoms with van der Waals surface area (Å²) in [4.78, 5) is 10.9. The highest BCUT2D eigenvalue weighted by Crippen LogP contribution is 2.11. The standard InChI is InChI=1S/C20H24N2O3/c1-6-16(14(2)3)8-7-15(4)13-21-22-19(25-5)17-9-11-18(12-10-17)20(23)24/h6-14H,1H2,2-5H3,(H,23,24)/b15-7+,16-8+,21-13+,22-19-. The molecule has 0 unspecified atom stereocenters. The van der Waals surface area contributed by atoms with Crippen LogP contribution < -0.4 is 0 Å². The van der Waals surface area contributed by atoms with Gasteiger partial charge in [-0.3, -0.25) is 0 Å². The number of benzene rings is 1. The van der Waals surface area contributed by atoms with Gasteiger partial charge in [-0.05, 0) is 48.3 Å². The highest BCUT2D eigenvalue weighted by atomic mass is 16.5. The van der Waals surface area contributed by atoms with Crippen molar-refractivity contribution in [2.75, 3.05) is 7.11 Å². The third-order valence-electron chi connectivity index (χ3n) is 3.42. The Morgan fingerprint density at radius 3 is 2.28 bits per heavy atom. The molecule has 0 radical (unpaired) electrons. The molecule has 5 heteroatoms. The van der Waals surface area contributed by atoms with Crippen molar-refractivity contribution >= 4 is 18.1 Å². The normalized spacial score (nSPS) is 13.4. The number of hydrogen-bond donors (Lipinski definition) is 1. The number of methoxy groups -OCH3 is 1. The second-order valence-corrected chi connectivity index (χ2v) is 5.67. The summed E-state index contributed by atoms with van der Waals surface area (Å²) < 4.78 is 5.21. The van der Waals surface area contributed by atoms with Crippen molar-refractivity contribution < 1.29 is 14.6 Å². The molecule has 0 heterocycles. The molecule has 1 rings (SSSR count). The van der Waals surface area contributed by atoms with Crippen molar-refractivity contribution in [1.82, 2.24) is 0 Å². The summed E-state index contributed by atoms with van der Waals surface area (Å²) >= 11 is 0. The highest BCUT2D eigenvalue weighted by molar-refractivity contribution is 5.96. The molecule has 0 bridgehead atoms. The Hall–Kier alpha value is -2.95. The van der Waals surface area contributed by atoms with Gasteiger partial charge < -0.3 is 9.84 Å². The molecule has 0 atom stereocenters. The van der Waals surface area contributed by atoms with Gasteiger partial charge in [-0.15, -0.1) is 5.10 Å². The fourth-order valence-electron chi connectivity index (χ4n) is 1.91. The Labute approximate surface area is 148 Å². The van der Waals surface area contributed by atoms with E-state index < -0.39 is 5.97 Å². The molecular formula is C20H24N2O3. The second kappa shape index (κ2) is 10.0. The summed E-state index contributed by atoms with van der Waals surface area (Å²) in [5.74, 6) is -0.259. The first-order valence-corrected chi connectivity index (χ1v) is 7.88. The van der Waals surface area contributed by atoms with Gasteiger partial charge in [0, 0.05) is 5.56 Å². The van der Waals surface area contributed by atoms with Crippen molar-refractivity contribution in [1.29, 1.82) is 0 Å². The molecule has 5 nitrogen and oxygen atoms in total. The molecule has 0 amide bonds. The molecule has 0 saturated carbocycles. The third-order valence-corrected chi connectivity index (χ3v) is 3.42. The average molecular weight is 340 g/mol. The molecule has 1 aromatic carbocycles. The average Bonchev–Trinajstić information content (AvgIpc) is 2.59. The third kappa shape index (κ3) is 6.59. The molecule has 25 heavy (non-hydrogen) atoms. The van der Waals surface area contributed by atoms with E-state index in [9.17, 15) is 4.79 Å². The fourth-order valence-corrected chi connectivity index (χ4v) is 1.91. The van der Waals surface area contributed by atoms with Gasteiger partial charge in [0.05, 0.1) is 18.9 Å². The van der Waals surface area contributed by atoms with E-state index in [0.717, 1.165) is 11.1 Å². The van der Waals surface area contributed by atoms with Crippen molar-refractivity contribution in [2.24, 2.45) is 16.1 Å². The van der Waals surface area contributed by atoms with Crippen LogP contribution in [-0.4, -0.2) is 30.3 Å². The Kier molecular flexibility index (Phi) is 8.06. The van der Waals surface area contributed by atoms with Crippen LogP contribution in [0.25, 0.3) is 0 Å². The van der Waals surface area contributed by atoms with E-state index in [0.29, 0.717) is 17.4 Å². The maximum Gasteiger partial charge on any atom is 0.335 e. The predicted octanol–water partition coefficient (Wildman–Crippen LogP) is 4.48. The van der Waals surface area contributed by atoms with Crippen LogP contribution in [-0.2, 0) is 4.74 Å². The van der Waals surface area contributed by atoms with Gasteiger partial charge in [0.25, 0.3) is 0 Å². The van der Waals surface area contributed by atoms with Gasteiger partial charge in [0.1, 0.15) is 0 Å². The minimum atomic E-state index is -0.977. The Bertz CT molecular complexity index is 724. The molecule has 0 aliphatic carbocycles. The van der Waals surface area contributed by atoms with Crippen LogP contribution in [0.3, 0.4) is 0 Å². The number of carbonyl (C=O) groups is 1. The maximum atomic E-state index is 10.9. The summed E-state index contributed by atoms with van der Waals surface area (Å²) in [5.41, 5.74) is 2.93. The van der Waals surface area contributed by atoms with Gasteiger partial charge in [-0.2, -0.15) is 5.10 Å². The summed E-state index contributed by atoms with van der Waals surface area (Å²) in [5, 5.41) is 17.0. The number of rotatable bonds is 7. The largest absolute Gasteiger partial charge is 0.479 e. The molecule has 0 aliphatic heterocycles. The minimum absolute atomic E-state index is 0.205. The second-order valence-electron chi connectivity index (χ2n) is 5.67. The van der Waals surface area contributed by atoms with Crippen LogP contribution in [0.2, 0.25) is 0 Å². The van der Waals surface area contributed by atoms with E-state index in [-0.39, 0.29) is 5.56 Å². The van der Waals surface area contributed by atoms with Gasteiger partial charge >= 0.3 is 5.97 Å². The van der Waals surface area contributed by atoms with Crippen LogP contribution in [0, 0.1) is 5.92 Å². The molecule has 0 spiro atoms. The number of carboxylic acids is 1. The summed E-state index contributed by atoms with van der Waals surface area (Å²) in [7, 11) is 1.49. The lowest BCUT2D eigenvalue weighted by Crippen LogP contribution is -2.04. The Morgan fingerprint density at radius 1 is 1.20 bits per heavy atom. The zero-order valence-electron chi connectivity index (χ0n) is 15.1. The first-order valence-electron chi connectivity index (χ1n) is 7.88. The van der Waals surface area contributed by atoms with Gasteiger partial charge in [-0.25, -0.2) is 4.79 Å². The number of aromatic carboxylic acids is 1. The summed E-state index contributed by atoms with van der Waals surface area (Å²) in [6, 6.07) is 6.25. The monoisotopic (exact) mass is 340 g/mol. The van der Waals surface area contributed by atoms with Crippen molar-refractivity contribution in [3.05, 3.63) is 71.3 Å². The maximum absolute atomic E-state index is 10.9. The molecule has 0 aromatic heterocycles. The summed E-state index contributed by atoms with van der Waals surface area (Å²) in [6.45, 7) is 9.94. The van der Waals surface area contributed by atoms with E-state index in [1.165, 1.54) is 19.2 Å². The van der Waals surface area contributed by atoms with Crippen LogP contribution >= 0.6 is 0 Å². The quantitative estimate of drug-likeness (QED) is 0.344. The van der Waals surface area contributed by atoms with Crippen molar-refractivity contribution in [3.8, 4) is 0 Å². The molecule has 1 N–H and O–H groups in total. The van der Waals surface area contributed by atoms with Gasteiger partial charge in [0.15, 0.2) is 0 Å². The molecular weight excluding hydrogens is 316 g/mol. The van der Waals surface area contributed by atoms with E-state index in [1.54, 1.807) is 18.3 Å².